The van der Waals surface area contributed by atoms with Crippen molar-refractivity contribution in [1.29, 1.82) is 5.26 Å². The molecule has 6 nitrogen and oxygen atoms in total. The van der Waals surface area contributed by atoms with Crippen molar-refractivity contribution in [3.05, 3.63) is 40.2 Å². The van der Waals surface area contributed by atoms with Gasteiger partial charge in [-0.3, -0.25) is 10.1 Å². The predicted molar refractivity (Wildman–Crippen MR) is 51.4 cm³/mol. The first-order chi connectivity index (χ1) is 7.22. The van der Waals surface area contributed by atoms with Crippen LogP contribution in [0.25, 0.3) is 11.0 Å². The average molecular weight is 202 g/mol. The van der Waals surface area contributed by atoms with Gasteiger partial charge in [0.15, 0.2) is 11.9 Å². The molecule has 0 fully saturated rings. The van der Waals surface area contributed by atoms with E-state index in [9.17, 15) is 10.1 Å². The molecule has 6 heteroatoms. The zero-order valence-corrected chi connectivity index (χ0v) is 7.54. The second-order valence-electron chi connectivity index (χ2n) is 2.96. The summed E-state index contributed by atoms with van der Waals surface area (Å²) >= 11 is 0. The zero-order valence-electron chi connectivity index (χ0n) is 7.54. The molecule has 1 aromatic heterocycles. The number of aromatic amines is 1. The lowest BCUT2D eigenvalue weighted by Crippen LogP contribution is -2.09. The molecule has 0 saturated heterocycles. The van der Waals surface area contributed by atoms with Crippen molar-refractivity contribution in [2.24, 2.45) is 0 Å². The number of benzene rings is 1. The smallest absolute Gasteiger partial charge is 0.335 e. The maximum atomic E-state index is 10.5. The van der Waals surface area contributed by atoms with Gasteiger partial charge in [0.1, 0.15) is 0 Å². The lowest BCUT2D eigenvalue weighted by Gasteiger charge is -1.94. The summed E-state index contributed by atoms with van der Waals surface area (Å²) in [7, 11) is 0. The van der Waals surface area contributed by atoms with E-state index in [-0.39, 0.29) is 5.82 Å². The number of nitrogens with zero attached hydrogens (tertiary/aromatic N) is 3. The Morgan fingerprint density at radius 2 is 2.27 bits per heavy atom. The Kier molecular flexibility index (Phi) is 2.06. The third-order valence-electron chi connectivity index (χ3n) is 2.00. The second-order valence-corrected chi connectivity index (χ2v) is 2.96. The molecule has 15 heavy (non-hydrogen) atoms. The quantitative estimate of drug-likeness (QED) is 0.588. The summed E-state index contributed by atoms with van der Waals surface area (Å²) < 4.78 is 0. The van der Waals surface area contributed by atoms with E-state index in [0.717, 1.165) is 0 Å². The van der Waals surface area contributed by atoms with Gasteiger partial charge < -0.3 is 4.98 Å². The lowest BCUT2D eigenvalue weighted by atomic mass is 10.3. The minimum absolute atomic E-state index is 0.0729. The molecular formula is C9H6N4O2. The van der Waals surface area contributed by atoms with E-state index >= 15 is 0 Å². The Morgan fingerprint density at radius 1 is 1.53 bits per heavy atom. The van der Waals surface area contributed by atoms with Crippen LogP contribution in [0.2, 0.25) is 0 Å². The zero-order chi connectivity index (χ0) is 10.8. The molecule has 2 rings (SSSR count). The van der Waals surface area contributed by atoms with Gasteiger partial charge >= 0.3 is 6.04 Å². The summed E-state index contributed by atoms with van der Waals surface area (Å²) in [5.74, 6) is 0.0729. The van der Waals surface area contributed by atoms with Crippen LogP contribution >= 0.6 is 0 Å². The van der Waals surface area contributed by atoms with Crippen LogP contribution in [-0.2, 0) is 0 Å². The number of imidazole rings is 1. The molecule has 2 aromatic rings. The number of fused-ring (bicyclic) bond motifs is 1. The number of aromatic nitrogens is 2. The van der Waals surface area contributed by atoms with Crippen molar-refractivity contribution in [2.75, 3.05) is 0 Å². The Hall–Kier alpha value is -2.42. The minimum atomic E-state index is -1.43. The second kappa shape index (κ2) is 3.38. The maximum Gasteiger partial charge on any atom is 0.353 e. The van der Waals surface area contributed by atoms with Crippen LogP contribution in [0.5, 0.6) is 0 Å². The van der Waals surface area contributed by atoms with Crippen LogP contribution in [0.1, 0.15) is 11.9 Å². The van der Waals surface area contributed by atoms with Crippen LogP contribution in [0.3, 0.4) is 0 Å². The van der Waals surface area contributed by atoms with Gasteiger partial charge in [-0.25, -0.2) is 4.98 Å². The number of hydrogen-bond acceptors (Lipinski definition) is 4. The van der Waals surface area contributed by atoms with Crippen molar-refractivity contribution >= 4 is 11.0 Å². The Balaban J connectivity index is 2.53. The Labute approximate surface area is 84.3 Å². The molecule has 0 bridgehead atoms. The predicted octanol–water partition coefficient (Wildman–Crippen LogP) is 1.40. The number of H-pyrrole nitrogens is 1. The third kappa shape index (κ3) is 1.50. The first-order valence-corrected chi connectivity index (χ1v) is 4.20. The topological polar surface area (TPSA) is 95.6 Å². The molecule has 74 valence electrons. The fourth-order valence-corrected chi connectivity index (χ4v) is 1.31. The number of hydrogen-bond donors (Lipinski definition) is 1. The van der Waals surface area contributed by atoms with Gasteiger partial charge in [-0.2, -0.15) is 5.26 Å². The number of nitro groups is 1. The van der Waals surface area contributed by atoms with Crippen LogP contribution < -0.4 is 0 Å². The van der Waals surface area contributed by atoms with Crippen LogP contribution in [0.15, 0.2) is 24.3 Å². The van der Waals surface area contributed by atoms with Gasteiger partial charge in [-0.1, -0.05) is 12.1 Å². The highest BCUT2D eigenvalue weighted by molar-refractivity contribution is 5.74. The van der Waals surface area contributed by atoms with Gasteiger partial charge in [0.2, 0.25) is 0 Å². The third-order valence-corrected chi connectivity index (χ3v) is 2.00. The van der Waals surface area contributed by atoms with Crippen LogP contribution in [0, 0.1) is 21.4 Å². The normalized spacial score (nSPS) is 12.2. The van der Waals surface area contributed by atoms with E-state index in [1.165, 1.54) is 0 Å². The van der Waals surface area contributed by atoms with E-state index in [1.54, 1.807) is 30.3 Å². The van der Waals surface area contributed by atoms with Crippen LogP contribution in [0.4, 0.5) is 0 Å². The van der Waals surface area contributed by atoms with Crippen molar-refractivity contribution in [2.45, 2.75) is 6.04 Å². The molecule has 1 N–H and O–H groups in total. The molecular weight excluding hydrogens is 196 g/mol. The summed E-state index contributed by atoms with van der Waals surface area (Å²) in [6.45, 7) is 0. The molecule has 1 aromatic carbocycles. The molecule has 0 aliphatic rings. The first-order valence-electron chi connectivity index (χ1n) is 4.20. The lowest BCUT2D eigenvalue weighted by molar-refractivity contribution is -0.514. The van der Waals surface area contributed by atoms with Crippen molar-refractivity contribution in [3.63, 3.8) is 0 Å². The largest absolute Gasteiger partial charge is 0.353 e. The number of nitriles is 1. The van der Waals surface area contributed by atoms with Gasteiger partial charge in [0.05, 0.1) is 11.0 Å². The highest BCUT2D eigenvalue weighted by atomic mass is 16.6. The highest BCUT2D eigenvalue weighted by Gasteiger charge is 2.25. The number of rotatable bonds is 2. The fraction of sp³-hybridized carbons (Fsp3) is 0.111. The van der Waals surface area contributed by atoms with E-state index in [0.29, 0.717) is 11.0 Å². The SMILES string of the molecule is N#CC(c1nc2ccccc2[nH]1)[N+](=O)[O-]. The molecule has 1 atom stereocenters. The maximum absolute atomic E-state index is 10.5. The molecule has 0 saturated carbocycles. The molecule has 1 unspecified atom stereocenters. The van der Waals surface area contributed by atoms with Crippen molar-refractivity contribution in [3.8, 4) is 6.07 Å². The van der Waals surface area contributed by atoms with Gasteiger partial charge in [-0.05, 0) is 12.1 Å². The van der Waals surface area contributed by atoms with E-state index < -0.39 is 11.0 Å². The Bertz CT molecular complexity index is 521. The highest BCUT2D eigenvalue weighted by Crippen LogP contribution is 2.17. The summed E-state index contributed by atoms with van der Waals surface area (Å²) in [5, 5.41) is 19.2. The number of para-hydroxylation sites is 2. The van der Waals surface area contributed by atoms with Crippen LogP contribution in [-0.4, -0.2) is 14.9 Å². The van der Waals surface area contributed by atoms with Gasteiger partial charge in [-0.15, -0.1) is 0 Å². The van der Waals surface area contributed by atoms with Gasteiger partial charge in [0, 0.05) is 4.92 Å². The van der Waals surface area contributed by atoms with Gasteiger partial charge in [0.25, 0.3) is 0 Å². The summed E-state index contributed by atoms with van der Waals surface area (Å²) in [5.41, 5.74) is 1.31. The molecule has 1 heterocycles. The molecule has 0 spiro atoms. The molecule has 0 aliphatic heterocycles. The van der Waals surface area contributed by atoms with Crippen molar-refractivity contribution in [1.82, 2.24) is 9.97 Å². The van der Waals surface area contributed by atoms with E-state index in [2.05, 4.69) is 9.97 Å². The first kappa shape index (κ1) is 9.15. The Morgan fingerprint density at radius 3 is 2.87 bits per heavy atom. The summed E-state index contributed by atoms with van der Waals surface area (Å²) in [6.07, 6.45) is 0. The molecule has 0 aliphatic carbocycles. The van der Waals surface area contributed by atoms with E-state index in [4.69, 9.17) is 5.26 Å². The molecule has 0 amide bonds. The molecule has 0 radical (unpaired) electrons. The standard InChI is InChI=1S/C9H6N4O2/c10-5-8(13(14)15)9-11-6-3-1-2-4-7(6)12-9/h1-4,8H,(H,11,12). The monoisotopic (exact) mass is 202 g/mol. The van der Waals surface area contributed by atoms with E-state index in [1.807, 2.05) is 0 Å². The summed E-state index contributed by atoms with van der Waals surface area (Å²) in [4.78, 5) is 16.6. The average Bonchev–Trinajstić information content (AvgIpc) is 2.61. The summed E-state index contributed by atoms with van der Waals surface area (Å²) in [6, 6.07) is 7.20. The minimum Gasteiger partial charge on any atom is -0.335 e. The number of nitrogens with one attached hydrogen (secondary N) is 1. The fourth-order valence-electron chi connectivity index (χ4n) is 1.31. The van der Waals surface area contributed by atoms with Crippen molar-refractivity contribution < 1.29 is 4.92 Å².